The minimum Gasteiger partial charge on any atom is -0.481 e. The van der Waals surface area contributed by atoms with Crippen LogP contribution < -0.4 is 0 Å². The van der Waals surface area contributed by atoms with E-state index in [1.165, 1.54) is 30.6 Å². The first-order valence-electron chi connectivity index (χ1n) is 5.42. The van der Waals surface area contributed by atoms with Gasteiger partial charge in [-0.05, 0) is 18.8 Å². The fourth-order valence-corrected chi connectivity index (χ4v) is 3.14. The highest BCUT2D eigenvalue weighted by Crippen LogP contribution is 2.36. The van der Waals surface area contributed by atoms with Crippen LogP contribution >= 0.6 is 11.3 Å². The zero-order valence-corrected chi connectivity index (χ0v) is 9.42. The summed E-state index contributed by atoms with van der Waals surface area (Å²) in [6, 6.07) is 0. The fraction of sp³-hybridized carbons (Fsp3) is 0.636. The molecule has 1 N–H and O–H groups in total. The quantitative estimate of drug-likeness (QED) is 0.857. The summed E-state index contributed by atoms with van der Waals surface area (Å²) in [6.45, 7) is 0. The number of hydrogen-bond acceptors (Lipinski definition) is 3. The van der Waals surface area contributed by atoms with Gasteiger partial charge < -0.3 is 5.11 Å². The van der Waals surface area contributed by atoms with E-state index >= 15 is 0 Å². The van der Waals surface area contributed by atoms with Crippen molar-refractivity contribution in [3.05, 3.63) is 16.1 Å². The molecule has 0 spiro atoms. The van der Waals surface area contributed by atoms with E-state index in [1.807, 2.05) is 6.20 Å². The third-order valence-electron chi connectivity index (χ3n) is 2.88. The molecule has 0 bridgehead atoms. The van der Waals surface area contributed by atoms with Gasteiger partial charge in [0.05, 0.1) is 11.4 Å². The highest BCUT2D eigenvalue weighted by atomic mass is 32.1. The van der Waals surface area contributed by atoms with Crippen molar-refractivity contribution in [1.82, 2.24) is 4.98 Å². The largest absolute Gasteiger partial charge is 0.481 e. The fourth-order valence-electron chi connectivity index (χ4n) is 2.05. The molecule has 0 aromatic carbocycles. The van der Waals surface area contributed by atoms with Gasteiger partial charge in [-0.15, -0.1) is 11.3 Å². The molecule has 1 fully saturated rings. The van der Waals surface area contributed by atoms with E-state index in [-0.39, 0.29) is 6.42 Å². The first kappa shape index (κ1) is 10.6. The smallest absolute Gasteiger partial charge is 0.303 e. The summed E-state index contributed by atoms with van der Waals surface area (Å²) in [5.74, 6) is -0.0475. The summed E-state index contributed by atoms with van der Waals surface area (Å²) in [5, 5.41) is 9.54. The molecule has 1 heterocycles. The molecule has 2 rings (SSSR count). The van der Waals surface area contributed by atoms with Crippen molar-refractivity contribution in [3.8, 4) is 0 Å². The first-order valence-corrected chi connectivity index (χ1v) is 6.24. The molecule has 0 amide bonds. The number of thiazole rings is 1. The van der Waals surface area contributed by atoms with Gasteiger partial charge in [0, 0.05) is 17.5 Å². The van der Waals surface area contributed by atoms with Crippen LogP contribution in [0.3, 0.4) is 0 Å². The van der Waals surface area contributed by atoms with Crippen molar-refractivity contribution in [3.63, 3.8) is 0 Å². The molecule has 1 aliphatic rings. The Morgan fingerprint density at radius 2 is 2.27 bits per heavy atom. The van der Waals surface area contributed by atoms with E-state index in [1.54, 1.807) is 11.3 Å². The monoisotopic (exact) mass is 225 g/mol. The molecular formula is C11H15NO2S. The van der Waals surface area contributed by atoms with Gasteiger partial charge in [0.15, 0.2) is 0 Å². The molecule has 4 heteroatoms. The van der Waals surface area contributed by atoms with Crippen LogP contribution in [0.2, 0.25) is 0 Å². The van der Waals surface area contributed by atoms with E-state index in [2.05, 4.69) is 4.98 Å². The Balaban J connectivity index is 1.94. The molecule has 0 unspecified atom stereocenters. The van der Waals surface area contributed by atoms with Crippen molar-refractivity contribution >= 4 is 17.3 Å². The number of hydrogen-bond donors (Lipinski definition) is 1. The van der Waals surface area contributed by atoms with Crippen LogP contribution in [0, 0.1) is 0 Å². The molecule has 1 aliphatic carbocycles. The molecule has 0 radical (unpaired) electrons. The van der Waals surface area contributed by atoms with Gasteiger partial charge in [0.2, 0.25) is 0 Å². The van der Waals surface area contributed by atoms with Crippen molar-refractivity contribution in [2.24, 2.45) is 0 Å². The van der Waals surface area contributed by atoms with Crippen LogP contribution in [0.25, 0.3) is 0 Å². The second kappa shape index (κ2) is 4.75. The van der Waals surface area contributed by atoms with Gasteiger partial charge in [-0.1, -0.05) is 12.8 Å². The number of aryl methyl sites for hydroxylation is 1. The van der Waals surface area contributed by atoms with E-state index in [4.69, 9.17) is 5.11 Å². The number of rotatable bonds is 4. The van der Waals surface area contributed by atoms with Crippen LogP contribution in [-0.2, 0) is 11.2 Å². The summed E-state index contributed by atoms with van der Waals surface area (Å²) < 4.78 is 0. The lowest BCUT2D eigenvalue weighted by Gasteiger charge is -2.02. The number of aromatic nitrogens is 1. The second-order valence-electron chi connectivity index (χ2n) is 4.03. The van der Waals surface area contributed by atoms with Crippen molar-refractivity contribution in [2.45, 2.75) is 44.4 Å². The second-order valence-corrected chi connectivity index (χ2v) is 5.18. The van der Waals surface area contributed by atoms with Crippen molar-refractivity contribution in [2.75, 3.05) is 0 Å². The zero-order chi connectivity index (χ0) is 10.7. The average Bonchev–Trinajstić information content (AvgIpc) is 2.85. The van der Waals surface area contributed by atoms with Crippen LogP contribution in [0.5, 0.6) is 0 Å². The van der Waals surface area contributed by atoms with Gasteiger partial charge >= 0.3 is 5.97 Å². The molecular weight excluding hydrogens is 210 g/mol. The van der Waals surface area contributed by atoms with E-state index in [0.29, 0.717) is 12.3 Å². The van der Waals surface area contributed by atoms with Gasteiger partial charge in [0.1, 0.15) is 0 Å². The summed E-state index contributed by atoms with van der Waals surface area (Å²) >= 11 is 1.70. The Morgan fingerprint density at radius 3 is 2.93 bits per heavy atom. The number of carboxylic acids is 1. The van der Waals surface area contributed by atoms with Crippen LogP contribution in [0.4, 0.5) is 0 Å². The van der Waals surface area contributed by atoms with Gasteiger partial charge in [0.25, 0.3) is 0 Å². The van der Waals surface area contributed by atoms with Crippen molar-refractivity contribution in [1.29, 1.82) is 0 Å². The SMILES string of the molecule is O=C(O)CCc1ncc(C2CCCC2)s1. The normalized spacial score (nSPS) is 17.1. The molecule has 0 saturated heterocycles. The lowest BCUT2D eigenvalue weighted by atomic mass is 10.1. The number of aliphatic carboxylic acids is 1. The Morgan fingerprint density at radius 1 is 1.53 bits per heavy atom. The van der Waals surface area contributed by atoms with E-state index in [9.17, 15) is 4.79 Å². The molecule has 0 atom stereocenters. The predicted molar refractivity (Wildman–Crippen MR) is 59.3 cm³/mol. The lowest BCUT2D eigenvalue weighted by Crippen LogP contribution is -1.96. The predicted octanol–water partition coefficient (Wildman–Crippen LogP) is 2.82. The van der Waals surface area contributed by atoms with Crippen LogP contribution in [-0.4, -0.2) is 16.1 Å². The topological polar surface area (TPSA) is 50.2 Å². The third kappa shape index (κ3) is 2.78. The van der Waals surface area contributed by atoms with E-state index in [0.717, 1.165) is 5.01 Å². The molecule has 15 heavy (non-hydrogen) atoms. The Bertz CT molecular complexity index is 342. The molecule has 3 nitrogen and oxygen atoms in total. The standard InChI is InChI=1S/C11H15NO2S/c13-11(14)6-5-10-12-7-9(15-10)8-3-1-2-4-8/h7-8H,1-6H2,(H,13,14). The third-order valence-corrected chi connectivity index (χ3v) is 4.10. The summed E-state index contributed by atoms with van der Waals surface area (Å²) in [6.07, 6.45) is 7.92. The van der Waals surface area contributed by atoms with Crippen LogP contribution in [0.15, 0.2) is 6.20 Å². The minimum absolute atomic E-state index is 0.192. The van der Waals surface area contributed by atoms with Crippen molar-refractivity contribution < 1.29 is 9.90 Å². The Labute approximate surface area is 93.2 Å². The van der Waals surface area contributed by atoms with E-state index < -0.39 is 5.97 Å². The molecule has 1 aromatic heterocycles. The molecule has 82 valence electrons. The first-order chi connectivity index (χ1) is 7.25. The number of carbonyl (C=O) groups is 1. The lowest BCUT2D eigenvalue weighted by molar-refractivity contribution is -0.136. The number of carboxylic acid groups (broad SMARTS) is 1. The summed E-state index contributed by atoms with van der Waals surface area (Å²) in [5.41, 5.74) is 0. The van der Waals surface area contributed by atoms with Gasteiger partial charge in [-0.25, -0.2) is 4.98 Å². The maximum atomic E-state index is 10.4. The molecule has 0 aliphatic heterocycles. The zero-order valence-electron chi connectivity index (χ0n) is 8.61. The maximum Gasteiger partial charge on any atom is 0.303 e. The van der Waals surface area contributed by atoms with Gasteiger partial charge in [-0.3, -0.25) is 4.79 Å². The number of nitrogens with zero attached hydrogens (tertiary/aromatic N) is 1. The van der Waals surface area contributed by atoms with Gasteiger partial charge in [-0.2, -0.15) is 0 Å². The summed E-state index contributed by atoms with van der Waals surface area (Å²) in [4.78, 5) is 16.1. The molecule has 1 aromatic rings. The molecule has 1 saturated carbocycles. The van der Waals surface area contributed by atoms with Crippen LogP contribution in [0.1, 0.15) is 47.9 Å². The summed E-state index contributed by atoms with van der Waals surface area (Å²) in [7, 11) is 0. The Hall–Kier alpha value is -0.900. The Kier molecular flexibility index (Phi) is 3.36. The highest BCUT2D eigenvalue weighted by molar-refractivity contribution is 7.11. The average molecular weight is 225 g/mol. The highest BCUT2D eigenvalue weighted by Gasteiger charge is 2.19. The maximum absolute atomic E-state index is 10.4. The minimum atomic E-state index is -0.743.